The Kier molecular flexibility index (Phi) is 6.21. The van der Waals surface area contributed by atoms with Gasteiger partial charge in [-0.2, -0.15) is 0 Å². The first kappa shape index (κ1) is 18.8. The van der Waals surface area contributed by atoms with E-state index in [1.54, 1.807) is 24.3 Å². The molecule has 26 heavy (non-hydrogen) atoms. The van der Waals surface area contributed by atoms with Crippen LogP contribution < -0.4 is 15.8 Å². The van der Waals surface area contributed by atoms with Gasteiger partial charge in [0, 0.05) is 12.6 Å². The molecule has 0 spiro atoms. The lowest BCUT2D eigenvalue weighted by Gasteiger charge is -2.13. The summed E-state index contributed by atoms with van der Waals surface area (Å²) in [6.45, 7) is 1.21. The fourth-order valence-corrected chi connectivity index (χ4v) is 2.78. The van der Waals surface area contributed by atoms with Crippen molar-refractivity contribution >= 4 is 34.3 Å². The van der Waals surface area contributed by atoms with Crippen molar-refractivity contribution in [3.63, 3.8) is 0 Å². The fraction of sp³-hybridized carbons (Fsp3) is 0.278. The van der Waals surface area contributed by atoms with Gasteiger partial charge in [-0.15, -0.1) is 0 Å². The molecule has 0 radical (unpaired) electrons. The van der Waals surface area contributed by atoms with Crippen LogP contribution in [-0.2, 0) is 6.42 Å². The summed E-state index contributed by atoms with van der Waals surface area (Å²) in [4.78, 5) is 13.7. The van der Waals surface area contributed by atoms with Crippen LogP contribution in [0.25, 0.3) is 11.1 Å². The molecule has 1 unspecified atom stereocenters. The second-order valence-electron chi connectivity index (χ2n) is 5.84. The predicted octanol–water partition coefficient (Wildman–Crippen LogP) is 3.00. The molecule has 138 valence electrons. The number of aliphatic hydroxyl groups is 1. The lowest BCUT2D eigenvalue weighted by Crippen LogP contribution is -2.32. The number of aromatic nitrogens is 1. The molecule has 0 aliphatic heterocycles. The van der Waals surface area contributed by atoms with E-state index in [1.807, 2.05) is 12.1 Å². The predicted molar refractivity (Wildman–Crippen MR) is 101 cm³/mol. The molecule has 6 nitrogen and oxygen atoms in total. The van der Waals surface area contributed by atoms with Gasteiger partial charge in [0.1, 0.15) is 18.5 Å². The first-order chi connectivity index (χ1) is 12.5. The molecule has 0 bridgehead atoms. The molecule has 0 aliphatic rings. The van der Waals surface area contributed by atoms with Gasteiger partial charge >= 0.3 is 5.76 Å². The standard InChI is InChI=1S/C18H18Cl2N2O4/c19-14-3-1-11(7-15(14)20)5-6-21-9-12(23)10-25-13-2-4-16-17(8-13)26-18(24)22-16/h1-4,7-8,12,21,23H,5-6,9-10H2,(H,22,24). The van der Waals surface area contributed by atoms with Crippen LogP contribution in [0.4, 0.5) is 0 Å². The molecule has 1 heterocycles. The third-order valence-corrected chi connectivity index (χ3v) is 4.53. The van der Waals surface area contributed by atoms with E-state index in [1.165, 1.54) is 0 Å². The minimum Gasteiger partial charge on any atom is -0.491 e. The zero-order valence-electron chi connectivity index (χ0n) is 13.8. The Morgan fingerprint density at radius 1 is 1.19 bits per heavy atom. The Balaban J connectivity index is 1.40. The van der Waals surface area contributed by atoms with Crippen LogP contribution in [0, 0.1) is 0 Å². The van der Waals surface area contributed by atoms with E-state index in [0.717, 1.165) is 12.0 Å². The van der Waals surface area contributed by atoms with Crippen LogP contribution >= 0.6 is 23.2 Å². The van der Waals surface area contributed by atoms with E-state index < -0.39 is 11.9 Å². The van der Waals surface area contributed by atoms with Gasteiger partial charge in [0.25, 0.3) is 0 Å². The van der Waals surface area contributed by atoms with E-state index in [-0.39, 0.29) is 6.61 Å². The molecule has 0 amide bonds. The average molecular weight is 397 g/mol. The van der Waals surface area contributed by atoms with Crippen molar-refractivity contribution in [3.05, 3.63) is 62.6 Å². The molecule has 1 atom stereocenters. The van der Waals surface area contributed by atoms with Crippen LogP contribution in [0.3, 0.4) is 0 Å². The number of oxazole rings is 1. The van der Waals surface area contributed by atoms with Gasteiger partial charge in [-0.25, -0.2) is 4.79 Å². The second-order valence-corrected chi connectivity index (χ2v) is 6.65. The molecular weight excluding hydrogens is 379 g/mol. The van der Waals surface area contributed by atoms with E-state index >= 15 is 0 Å². The van der Waals surface area contributed by atoms with Gasteiger partial charge in [0.2, 0.25) is 0 Å². The number of aliphatic hydroxyl groups excluding tert-OH is 1. The molecule has 0 saturated carbocycles. The number of H-pyrrole nitrogens is 1. The summed E-state index contributed by atoms with van der Waals surface area (Å²) in [6, 6.07) is 10.5. The molecule has 0 saturated heterocycles. The number of fused-ring (bicyclic) bond motifs is 1. The number of benzene rings is 2. The van der Waals surface area contributed by atoms with Crippen LogP contribution in [0.15, 0.2) is 45.6 Å². The van der Waals surface area contributed by atoms with Gasteiger partial charge in [-0.1, -0.05) is 29.3 Å². The summed E-state index contributed by atoms with van der Waals surface area (Å²) in [5, 5.41) is 14.2. The lowest BCUT2D eigenvalue weighted by atomic mass is 10.1. The number of ether oxygens (including phenoxy) is 1. The molecule has 0 fully saturated rings. The smallest absolute Gasteiger partial charge is 0.417 e. The maximum absolute atomic E-state index is 11.1. The van der Waals surface area contributed by atoms with Crippen LogP contribution in [0.1, 0.15) is 5.56 Å². The summed E-state index contributed by atoms with van der Waals surface area (Å²) in [7, 11) is 0. The first-order valence-electron chi connectivity index (χ1n) is 8.09. The molecule has 2 aromatic carbocycles. The number of aromatic amines is 1. The molecule has 3 rings (SSSR count). The average Bonchev–Trinajstić information content (AvgIpc) is 2.99. The van der Waals surface area contributed by atoms with Crippen molar-refractivity contribution in [2.24, 2.45) is 0 Å². The van der Waals surface area contributed by atoms with Gasteiger partial charge in [-0.3, -0.25) is 4.98 Å². The molecule has 1 aromatic heterocycles. The Morgan fingerprint density at radius 2 is 2.04 bits per heavy atom. The number of hydrogen-bond acceptors (Lipinski definition) is 5. The van der Waals surface area contributed by atoms with Crippen LogP contribution in [0.2, 0.25) is 10.0 Å². The van der Waals surface area contributed by atoms with Gasteiger partial charge in [-0.05, 0) is 42.8 Å². The summed E-state index contributed by atoms with van der Waals surface area (Å²) < 4.78 is 10.5. The van der Waals surface area contributed by atoms with Crippen molar-refractivity contribution in [2.75, 3.05) is 19.7 Å². The summed E-state index contributed by atoms with van der Waals surface area (Å²) in [6.07, 6.45) is 0.103. The monoisotopic (exact) mass is 396 g/mol. The highest BCUT2D eigenvalue weighted by Gasteiger charge is 2.07. The second kappa shape index (κ2) is 8.60. The summed E-state index contributed by atoms with van der Waals surface area (Å²) in [5.41, 5.74) is 2.09. The van der Waals surface area contributed by atoms with Crippen molar-refractivity contribution < 1.29 is 14.3 Å². The Morgan fingerprint density at radius 3 is 2.85 bits per heavy atom. The third kappa shape index (κ3) is 5.02. The van der Waals surface area contributed by atoms with E-state index in [0.29, 0.717) is 40.0 Å². The van der Waals surface area contributed by atoms with Crippen molar-refractivity contribution in [3.8, 4) is 5.75 Å². The number of rotatable bonds is 8. The highest BCUT2D eigenvalue weighted by Crippen LogP contribution is 2.22. The summed E-state index contributed by atoms with van der Waals surface area (Å²) >= 11 is 11.9. The largest absolute Gasteiger partial charge is 0.491 e. The van der Waals surface area contributed by atoms with Crippen molar-refractivity contribution in [1.29, 1.82) is 0 Å². The molecular formula is C18H18Cl2N2O4. The molecule has 3 aromatic rings. The number of halogens is 2. The van der Waals surface area contributed by atoms with E-state index in [2.05, 4.69) is 10.3 Å². The number of nitrogens with one attached hydrogen (secondary N) is 2. The van der Waals surface area contributed by atoms with Gasteiger partial charge < -0.3 is 19.6 Å². The maximum atomic E-state index is 11.1. The van der Waals surface area contributed by atoms with Crippen LogP contribution in [0.5, 0.6) is 5.75 Å². The fourth-order valence-electron chi connectivity index (χ4n) is 2.46. The highest BCUT2D eigenvalue weighted by atomic mass is 35.5. The van der Waals surface area contributed by atoms with Crippen molar-refractivity contribution in [1.82, 2.24) is 10.3 Å². The van der Waals surface area contributed by atoms with Gasteiger partial charge in [0.15, 0.2) is 5.58 Å². The van der Waals surface area contributed by atoms with Gasteiger partial charge in [0.05, 0.1) is 15.6 Å². The first-order valence-corrected chi connectivity index (χ1v) is 8.85. The van der Waals surface area contributed by atoms with Crippen LogP contribution in [-0.4, -0.2) is 35.9 Å². The molecule has 8 heteroatoms. The molecule has 0 aliphatic carbocycles. The zero-order valence-corrected chi connectivity index (χ0v) is 15.3. The minimum absolute atomic E-state index is 0.125. The minimum atomic E-state index is -0.669. The zero-order chi connectivity index (χ0) is 18.5. The summed E-state index contributed by atoms with van der Waals surface area (Å²) in [5.74, 6) is 0.0125. The maximum Gasteiger partial charge on any atom is 0.417 e. The Hall–Kier alpha value is -1.99. The van der Waals surface area contributed by atoms with E-state index in [4.69, 9.17) is 32.4 Å². The number of hydrogen-bond donors (Lipinski definition) is 3. The normalized spacial score (nSPS) is 12.4. The topological polar surface area (TPSA) is 87.5 Å². The molecule has 3 N–H and O–H groups in total. The van der Waals surface area contributed by atoms with E-state index in [9.17, 15) is 9.90 Å². The quantitative estimate of drug-likeness (QED) is 0.509. The van der Waals surface area contributed by atoms with Crippen molar-refractivity contribution in [2.45, 2.75) is 12.5 Å². The third-order valence-electron chi connectivity index (χ3n) is 3.79. The Labute approximate surface area is 159 Å². The lowest BCUT2D eigenvalue weighted by molar-refractivity contribution is 0.106. The Bertz CT molecular complexity index is 938. The SMILES string of the molecule is O=c1[nH]c2ccc(OCC(O)CNCCc3ccc(Cl)c(Cl)c3)cc2o1. The highest BCUT2D eigenvalue weighted by molar-refractivity contribution is 6.42.